The van der Waals surface area contributed by atoms with E-state index in [9.17, 15) is 14.7 Å². The van der Waals surface area contributed by atoms with Gasteiger partial charge in [-0.05, 0) is 12.1 Å². The molecule has 0 bridgehead atoms. The molecule has 7 nitrogen and oxygen atoms in total. The van der Waals surface area contributed by atoms with Crippen molar-refractivity contribution in [1.29, 1.82) is 0 Å². The summed E-state index contributed by atoms with van der Waals surface area (Å²) in [5, 5.41) is 11.0. The minimum atomic E-state index is -0.759. The molecule has 2 aromatic carbocycles. The predicted octanol–water partition coefficient (Wildman–Crippen LogP) is 1.27. The lowest BCUT2D eigenvalue weighted by molar-refractivity contribution is -0.857. The Morgan fingerprint density at radius 3 is 2.37 bits per heavy atom. The van der Waals surface area contributed by atoms with Crippen molar-refractivity contribution in [3.8, 4) is 11.5 Å². The Morgan fingerprint density at radius 2 is 1.77 bits per heavy atom. The Hall–Kier alpha value is -3.32. The molecule has 1 atom stereocenters. The second kappa shape index (κ2) is 9.00. The van der Waals surface area contributed by atoms with Crippen LogP contribution in [0.2, 0.25) is 0 Å². The number of benzene rings is 2. The molecular formula is C23H27N2O5+. The number of Topliss-reactive ketones (excluding diaryl/α,β-unsaturated/α-hetero) is 1. The van der Waals surface area contributed by atoms with Crippen molar-refractivity contribution in [1.82, 2.24) is 4.90 Å². The average molecular weight is 411 g/mol. The minimum Gasteiger partial charge on any atom is -0.507 e. The Bertz CT molecular complexity index is 969. The van der Waals surface area contributed by atoms with Crippen molar-refractivity contribution in [2.45, 2.75) is 6.04 Å². The van der Waals surface area contributed by atoms with Crippen LogP contribution >= 0.6 is 0 Å². The molecule has 0 saturated carbocycles. The molecule has 3 rings (SSSR count). The van der Waals surface area contributed by atoms with Gasteiger partial charge in [-0.3, -0.25) is 9.59 Å². The first kappa shape index (κ1) is 21.4. The highest BCUT2D eigenvalue weighted by Crippen LogP contribution is 2.43. The molecule has 0 aromatic heterocycles. The van der Waals surface area contributed by atoms with Gasteiger partial charge < -0.3 is 24.4 Å². The van der Waals surface area contributed by atoms with Crippen molar-refractivity contribution in [3.63, 3.8) is 0 Å². The van der Waals surface area contributed by atoms with E-state index < -0.39 is 17.7 Å². The highest BCUT2D eigenvalue weighted by Gasteiger charge is 2.47. The zero-order valence-electron chi connectivity index (χ0n) is 17.6. The first-order valence-electron chi connectivity index (χ1n) is 9.73. The van der Waals surface area contributed by atoms with Crippen LogP contribution in [0.5, 0.6) is 11.5 Å². The molecule has 0 unspecified atom stereocenters. The van der Waals surface area contributed by atoms with Crippen molar-refractivity contribution >= 4 is 17.4 Å². The highest BCUT2D eigenvalue weighted by molar-refractivity contribution is 6.46. The number of carbonyl (C=O) groups excluding carboxylic acids is 2. The van der Waals surface area contributed by atoms with E-state index in [4.69, 9.17) is 9.47 Å². The first-order valence-corrected chi connectivity index (χ1v) is 9.73. The van der Waals surface area contributed by atoms with Crippen LogP contribution in [0.15, 0.2) is 54.1 Å². The van der Waals surface area contributed by atoms with E-state index >= 15 is 0 Å². The highest BCUT2D eigenvalue weighted by atomic mass is 16.5. The van der Waals surface area contributed by atoms with Gasteiger partial charge in [0.25, 0.3) is 11.7 Å². The van der Waals surface area contributed by atoms with Crippen LogP contribution in [0.1, 0.15) is 17.2 Å². The van der Waals surface area contributed by atoms with Crippen molar-refractivity contribution in [2.75, 3.05) is 41.4 Å². The van der Waals surface area contributed by atoms with Crippen LogP contribution in [0, 0.1) is 0 Å². The predicted molar refractivity (Wildman–Crippen MR) is 113 cm³/mol. The maximum absolute atomic E-state index is 13.0. The molecule has 1 aliphatic heterocycles. The molecular weight excluding hydrogens is 384 g/mol. The molecule has 158 valence electrons. The van der Waals surface area contributed by atoms with Crippen LogP contribution in [-0.2, 0) is 9.59 Å². The number of amides is 1. The number of nitrogens with one attached hydrogen (secondary N) is 1. The number of hydrogen-bond acceptors (Lipinski definition) is 5. The molecule has 1 fully saturated rings. The SMILES string of the molecule is COc1ccc([C@H]2C(=C(O)c3ccccc3)C(=O)C(=O)N2CC[NH+](C)C)c(OC)c1. The maximum atomic E-state index is 13.0. The monoisotopic (exact) mass is 411 g/mol. The molecule has 1 amide bonds. The lowest BCUT2D eigenvalue weighted by atomic mass is 9.94. The number of rotatable bonds is 7. The van der Waals surface area contributed by atoms with E-state index in [1.807, 2.05) is 20.2 Å². The number of methoxy groups -OCH3 is 2. The van der Waals surface area contributed by atoms with Crippen LogP contribution in [-0.4, -0.2) is 63.1 Å². The summed E-state index contributed by atoms with van der Waals surface area (Å²) in [7, 11) is 7.02. The summed E-state index contributed by atoms with van der Waals surface area (Å²) < 4.78 is 10.8. The molecule has 7 heteroatoms. The van der Waals surface area contributed by atoms with Crippen molar-refractivity contribution in [3.05, 3.63) is 65.2 Å². The van der Waals surface area contributed by atoms with E-state index in [0.29, 0.717) is 35.7 Å². The summed E-state index contributed by atoms with van der Waals surface area (Å²) in [6.07, 6.45) is 0. The first-order chi connectivity index (χ1) is 14.4. The second-order valence-corrected chi connectivity index (χ2v) is 7.42. The molecule has 0 radical (unpaired) electrons. The average Bonchev–Trinajstić information content (AvgIpc) is 3.01. The van der Waals surface area contributed by atoms with Gasteiger partial charge in [0.15, 0.2) is 0 Å². The summed E-state index contributed by atoms with van der Waals surface area (Å²) >= 11 is 0. The van der Waals surface area contributed by atoms with Crippen LogP contribution in [0.4, 0.5) is 0 Å². The molecule has 0 spiro atoms. The normalized spacial score (nSPS) is 18.2. The fourth-order valence-corrected chi connectivity index (χ4v) is 3.57. The lowest BCUT2D eigenvalue weighted by Gasteiger charge is -2.27. The van der Waals surface area contributed by atoms with E-state index in [1.54, 1.807) is 49.6 Å². The fraction of sp³-hybridized carbons (Fsp3) is 0.304. The van der Waals surface area contributed by atoms with Gasteiger partial charge in [0.05, 0.1) is 53.0 Å². The van der Waals surface area contributed by atoms with Gasteiger partial charge in [-0.2, -0.15) is 0 Å². The van der Waals surface area contributed by atoms with Crippen LogP contribution in [0.3, 0.4) is 0 Å². The number of hydrogen-bond donors (Lipinski definition) is 2. The fourth-order valence-electron chi connectivity index (χ4n) is 3.57. The molecule has 1 aliphatic rings. The number of aliphatic hydroxyl groups is 1. The summed E-state index contributed by atoms with van der Waals surface area (Å²) in [6, 6.07) is 13.2. The Labute approximate surface area is 176 Å². The molecule has 2 N–H and O–H groups in total. The molecule has 1 heterocycles. The third-order valence-electron chi connectivity index (χ3n) is 5.18. The minimum absolute atomic E-state index is 0.0587. The smallest absolute Gasteiger partial charge is 0.295 e. The van der Waals surface area contributed by atoms with Gasteiger partial charge in [0, 0.05) is 17.2 Å². The standard InChI is InChI=1S/C23H26N2O5/c1-24(2)12-13-25-20(17-11-10-16(29-3)14-18(17)30-4)19(22(27)23(25)28)21(26)15-8-6-5-7-9-15/h5-11,14,20,26H,12-13H2,1-4H3/p+1/t20-/m0/s1. The topological polar surface area (TPSA) is 80.5 Å². The van der Waals surface area contributed by atoms with Crippen molar-refractivity contribution < 1.29 is 29.1 Å². The third kappa shape index (κ3) is 4.02. The van der Waals surface area contributed by atoms with E-state index in [-0.39, 0.29) is 11.3 Å². The summed E-state index contributed by atoms with van der Waals surface area (Å²) in [5.41, 5.74) is 1.15. The molecule has 0 aliphatic carbocycles. The van der Waals surface area contributed by atoms with Gasteiger partial charge in [-0.15, -0.1) is 0 Å². The van der Waals surface area contributed by atoms with Crippen molar-refractivity contribution in [2.24, 2.45) is 0 Å². The number of nitrogens with zero attached hydrogens (tertiary/aromatic N) is 1. The number of quaternary nitrogens is 1. The maximum Gasteiger partial charge on any atom is 0.295 e. The van der Waals surface area contributed by atoms with E-state index in [0.717, 1.165) is 4.90 Å². The number of ether oxygens (including phenoxy) is 2. The number of likely N-dealkylation sites (tertiary alicyclic amines) is 1. The zero-order valence-corrected chi connectivity index (χ0v) is 17.6. The largest absolute Gasteiger partial charge is 0.507 e. The number of ketones is 1. The number of likely N-dealkylation sites (N-methyl/N-ethyl adjacent to an activating group) is 1. The summed E-state index contributed by atoms with van der Waals surface area (Å²) in [5.74, 6) is -0.461. The molecule has 1 saturated heterocycles. The summed E-state index contributed by atoms with van der Waals surface area (Å²) in [4.78, 5) is 28.6. The van der Waals surface area contributed by atoms with E-state index in [2.05, 4.69) is 0 Å². The van der Waals surface area contributed by atoms with E-state index in [1.165, 1.54) is 12.0 Å². The third-order valence-corrected chi connectivity index (χ3v) is 5.18. The van der Waals surface area contributed by atoms with Gasteiger partial charge in [0.1, 0.15) is 17.3 Å². The zero-order chi connectivity index (χ0) is 21.8. The Balaban J connectivity index is 2.20. The van der Waals surface area contributed by atoms with Gasteiger partial charge >= 0.3 is 0 Å². The molecule has 30 heavy (non-hydrogen) atoms. The number of carbonyl (C=O) groups is 2. The summed E-state index contributed by atoms with van der Waals surface area (Å²) in [6.45, 7) is 1.01. The number of aliphatic hydroxyl groups excluding tert-OH is 1. The molecule has 2 aromatic rings. The van der Waals surface area contributed by atoms with Gasteiger partial charge in [-0.25, -0.2) is 0 Å². The van der Waals surface area contributed by atoms with Gasteiger partial charge in [0.2, 0.25) is 0 Å². The Morgan fingerprint density at radius 1 is 1.07 bits per heavy atom. The second-order valence-electron chi connectivity index (χ2n) is 7.42. The van der Waals surface area contributed by atoms with Gasteiger partial charge in [-0.1, -0.05) is 30.3 Å². The van der Waals surface area contributed by atoms with Crippen LogP contribution < -0.4 is 14.4 Å². The quantitative estimate of drug-likeness (QED) is 0.408. The van der Waals surface area contributed by atoms with Crippen LogP contribution in [0.25, 0.3) is 5.76 Å². The lowest BCUT2D eigenvalue weighted by Crippen LogP contribution is -3.06. The Kier molecular flexibility index (Phi) is 6.42.